The Labute approximate surface area is 101 Å². The van der Waals surface area contributed by atoms with Crippen molar-refractivity contribution in [1.29, 1.82) is 0 Å². The van der Waals surface area contributed by atoms with Gasteiger partial charge in [-0.05, 0) is 12.1 Å². The van der Waals surface area contributed by atoms with Gasteiger partial charge in [-0.25, -0.2) is 9.38 Å². The number of halogens is 3. The highest BCUT2D eigenvalue weighted by Gasteiger charge is 2.09. The molecule has 3 N–H and O–H groups in total. The highest BCUT2D eigenvalue weighted by Crippen LogP contribution is 2.31. The van der Waals surface area contributed by atoms with Crippen molar-refractivity contribution in [2.24, 2.45) is 10.7 Å². The van der Waals surface area contributed by atoms with Crippen LogP contribution in [0.4, 0.5) is 15.8 Å². The Hall–Kier alpha value is -0.810. The molecular weight excluding hydrogens is 284 g/mol. The largest absolute Gasteiger partial charge is 0.386 e. The van der Waals surface area contributed by atoms with Crippen LogP contribution in [0.2, 0.25) is 0 Å². The van der Waals surface area contributed by atoms with E-state index in [0.717, 1.165) is 0 Å². The summed E-state index contributed by atoms with van der Waals surface area (Å²) in [4.78, 5) is 3.89. The third-order valence-electron chi connectivity index (χ3n) is 1.69. The highest BCUT2D eigenvalue weighted by atomic mass is 79.9. The first-order valence-corrected chi connectivity index (χ1v) is 5.47. The maximum Gasteiger partial charge on any atom is 0.152 e. The molecule has 15 heavy (non-hydrogen) atoms. The summed E-state index contributed by atoms with van der Waals surface area (Å²) >= 11 is 8.66. The van der Waals surface area contributed by atoms with Gasteiger partial charge >= 0.3 is 0 Å². The van der Waals surface area contributed by atoms with E-state index in [1.54, 1.807) is 13.1 Å². The van der Waals surface area contributed by atoms with Gasteiger partial charge in [-0.3, -0.25) is 0 Å². The van der Waals surface area contributed by atoms with Crippen LogP contribution in [-0.2, 0) is 0 Å². The first kappa shape index (κ1) is 12.3. The van der Waals surface area contributed by atoms with Crippen LogP contribution in [-0.4, -0.2) is 18.8 Å². The Morgan fingerprint density at radius 1 is 1.67 bits per heavy atom. The van der Waals surface area contributed by atoms with E-state index in [4.69, 9.17) is 17.3 Å². The zero-order valence-corrected chi connectivity index (χ0v) is 10.4. The Balaban J connectivity index is 3.27. The predicted octanol–water partition coefficient (Wildman–Crippen LogP) is 2.86. The summed E-state index contributed by atoms with van der Waals surface area (Å²) in [6.07, 6.45) is 0. The fourth-order valence-corrected chi connectivity index (χ4v) is 1.53. The third-order valence-corrected chi connectivity index (χ3v) is 2.42. The minimum atomic E-state index is -0.457. The number of rotatable bonds is 3. The summed E-state index contributed by atoms with van der Waals surface area (Å²) in [5.41, 5.74) is 6.16. The number of anilines is 1. The van der Waals surface area contributed by atoms with Crippen LogP contribution in [0.15, 0.2) is 21.6 Å². The molecule has 0 spiro atoms. The average Bonchev–Trinajstić information content (AvgIpc) is 2.21. The number of nitrogens with zero attached hydrogens (tertiary/aromatic N) is 1. The summed E-state index contributed by atoms with van der Waals surface area (Å²) in [6.45, 7) is 0. The number of nitrogens with one attached hydrogen (secondary N) is 1. The Morgan fingerprint density at radius 2 is 2.33 bits per heavy atom. The molecule has 3 nitrogen and oxygen atoms in total. The van der Waals surface area contributed by atoms with Crippen molar-refractivity contribution in [3.8, 4) is 0 Å². The lowest BCUT2D eigenvalue weighted by Crippen LogP contribution is -2.12. The van der Waals surface area contributed by atoms with E-state index in [-0.39, 0.29) is 17.4 Å². The molecule has 0 saturated heterocycles. The second-order valence-corrected chi connectivity index (χ2v) is 3.95. The van der Waals surface area contributed by atoms with Gasteiger partial charge in [0.1, 0.15) is 11.5 Å². The molecule has 1 aromatic carbocycles. The molecular formula is C9H10BrClFN3. The molecule has 82 valence electrons. The van der Waals surface area contributed by atoms with Gasteiger partial charge in [0.25, 0.3) is 0 Å². The molecule has 0 radical (unpaired) electrons. The van der Waals surface area contributed by atoms with Crippen molar-refractivity contribution in [1.82, 2.24) is 0 Å². The van der Waals surface area contributed by atoms with Crippen LogP contribution in [0.25, 0.3) is 0 Å². The van der Waals surface area contributed by atoms with Gasteiger partial charge < -0.3 is 11.1 Å². The fourth-order valence-electron chi connectivity index (χ4n) is 1.04. The molecule has 0 saturated carbocycles. The number of amidine groups is 1. The second kappa shape index (κ2) is 5.32. The molecule has 0 unspecified atom stereocenters. The van der Waals surface area contributed by atoms with Crippen molar-refractivity contribution >= 4 is 44.7 Å². The van der Waals surface area contributed by atoms with Crippen molar-refractivity contribution in [2.45, 2.75) is 0 Å². The Morgan fingerprint density at radius 3 is 2.87 bits per heavy atom. The molecule has 1 rings (SSSR count). The third kappa shape index (κ3) is 3.07. The van der Waals surface area contributed by atoms with Crippen LogP contribution < -0.4 is 11.1 Å². The van der Waals surface area contributed by atoms with Crippen LogP contribution in [0, 0.1) is 5.82 Å². The SMILES string of the molecule is CNc1cc(Br)cc(F)c1N=C(N)CCl. The van der Waals surface area contributed by atoms with E-state index in [9.17, 15) is 4.39 Å². The average molecular weight is 295 g/mol. The van der Waals surface area contributed by atoms with E-state index in [1.165, 1.54) is 6.07 Å². The van der Waals surface area contributed by atoms with Crippen LogP contribution in [0.1, 0.15) is 0 Å². The van der Waals surface area contributed by atoms with Gasteiger partial charge in [0.05, 0.1) is 11.6 Å². The Bertz CT molecular complexity index is 395. The first-order chi connectivity index (χ1) is 7.08. The molecule has 0 aromatic heterocycles. The number of aliphatic imine (C=N–C) groups is 1. The molecule has 0 fully saturated rings. The lowest BCUT2D eigenvalue weighted by molar-refractivity contribution is 0.629. The minimum Gasteiger partial charge on any atom is -0.386 e. The number of hydrogen-bond acceptors (Lipinski definition) is 2. The monoisotopic (exact) mass is 293 g/mol. The Kier molecular flexibility index (Phi) is 4.35. The predicted molar refractivity (Wildman–Crippen MR) is 65.6 cm³/mol. The van der Waals surface area contributed by atoms with Gasteiger partial charge in [-0.2, -0.15) is 0 Å². The molecule has 0 aliphatic carbocycles. The number of benzene rings is 1. The highest BCUT2D eigenvalue weighted by molar-refractivity contribution is 9.10. The van der Waals surface area contributed by atoms with Gasteiger partial charge in [0, 0.05) is 11.5 Å². The number of alkyl halides is 1. The normalized spacial score (nSPS) is 11.6. The second-order valence-electron chi connectivity index (χ2n) is 2.77. The summed E-state index contributed by atoms with van der Waals surface area (Å²) in [6, 6.07) is 3.03. The summed E-state index contributed by atoms with van der Waals surface area (Å²) < 4.78 is 14.2. The lowest BCUT2D eigenvalue weighted by Gasteiger charge is -2.07. The van der Waals surface area contributed by atoms with E-state index >= 15 is 0 Å². The zero-order chi connectivity index (χ0) is 11.4. The van der Waals surface area contributed by atoms with E-state index in [0.29, 0.717) is 10.2 Å². The quantitative estimate of drug-likeness (QED) is 0.512. The molecule has 0 atom stereocenters. The summed E-state index contributed by atoms with van der Waals surface area (Å²) in [7, 11) is 1.68. The van der Waals surface area contributed by atoms with Gasteiger partial charge in [-0.15, -0.1) is 11.6 Å². The van der Waals surface area contributed by atoms with Crippen LogP contribution >= 0.6 is 27.5 Å². The van der Waals surface area contributed by atoms with Crippen molar-refractivity contribution in [3.63, 3.8) is 0 Å². The van der Waals surface area contributed by atoms with Crippen molar-refractivity contribution in [2.75, 3.05) is 18.2 Å². The topological polar surface area (TPSA) is 50.4 Å². The number of hydrogen-bond donors (Lipinski definition) is 2. The standard InChI is InChI=1S/C9H10BrClFN3/c1-14-7-3-5(10)2-6(12)9(7)15-8(13)4-11/h2-3,14H,4H2,1H3,(H2,13,15). The van der Waals surface area contributed by atoms with Gasteiger partial charge in [0.2, 0.25) is 0 Å². The van der Waals surface area contributed by atoms with E-state index < -0.39 is 5.82 Å². The molecule has 6 heteroatoms. The molecule has 0 aliphatic heterocycles. The minimum absolute atomic E-state index is 0.0681. The molecule has 0 aliphatic rings. The molecule has 0 heterocycles. The maximum absolute atomic E-state index is 13.5. The van der Waals surface area contributed by atoms with Crippen LogP contribution in [0.3, 0.4) is 0 Å². The maximum atomic E-state index is 13.5. The van der Waals surface area contributed by atoms with E-state index in [2.05, 4.69) is 26.2 Å². The summed E-state index contributed by atoms with van der Waals surface area (Å²) in [5.74, 6) is -0.213. The zero-order valence-electron chi connectivity index (χ0n) is 8.02. The molecule has 0 bridgehead atoms. The lowest BCUT2D eigenvalue weighted by atomic mass is 10.2. The van der Waals surface area contributed by atoms with E-state index in [1.807, 2.05) is 0 Å². The molecule has 1 aromatic rings. The van der Waals surface area contributed by atoms with Crippen molar-refractivity contribution < 1.29 is 4.39 Å². The fraction of sp³-hybridized carbons (Fsp3) is 0.222. The summed E-state index contributed by atoms with van der Waals surface area (Å²) in [5, 5.41) is 2.83. The number of nitrogens with two attached hydrogens (primary N) is 1. The first-order valence-electron chi connectivity index (χ1n) is 4.14. The van der Waals surface area contributed by atoms with Gasteiger partial charge in [-0.1, -0.05) is 15.9 Å². The van der Waals surface area contributed by atoms with Crippen molar-refractivity contribution in [3.05, 3.63) is 22.4 Å². The molecule has 0 amide bonds. The van der Waals surface area contributed by atoms with Gasteiger partial charge in [0.15, 0.2) is 5.82 Å². The smallest absolute Gasteiger partial charge is 0.152 e. The van der Waals surface area contributed by atoms with Crippen LogP contribution in [0.5, 0.6) is 0 Å².